The molecule has 3 aromatic carbocycles. The van der Waals surface area contributed by atoms with Crippen molar-refractivity contribution in [1.29, 1.82) is 0 Å². The minimum atomic E-state index is -0.335. The third-order valence-corrected chi connectivity index (χ3v) is 5.54. The summed E-state index contributed by atoms with van der Waals surface area (Å²) in [4.78, 5) is 18.2. The number of rotatable bonds is 5. The van der Waals surface area contributed by atoms with Gasteiger partial charge in [-0.1, -0.05) is 59.9 Å². The molecule has 0 aliphatic carbocycles. The van der Waals surface area contributed by atoms with Crippen molar-refractivity contribution in [3.05, 3.63) is 101 Å². The normalized spacial score (nSPS) is 11.6. The molecule has 0 N–H and O–H groups in total. The van der Waals surface area contributed by atoms with Crippen LogP contribution in [0.1, 0.15) is 15.9 Å². The van der Waals surface area contributed by atoms with Gasteiger partial charge in [-0.3, -0.25) is 4.79 Å². The molecule has 5 heteroatoms. The predicted molar refractivity (Wildman–Crippen MR) is 118 cm³/mol. The van der Waals surface area contributed by atoms with Gasteiger partial charge in [0.1, 0.15) is 11.5 Å². The first-order valence-corrected chi connectivity index (χ1v) is 10.1. The molecule has 0 bridgehead atoms. The highest BCUT2D eigenvalue weighted by Crippen LogP contribution is 2.26. The average Bonchev–Trinajstić information content (AvgIpc) is 3.08. The van der Waals surface area contributed by atoms with E-state index in [0.29, 0.717) is 28.4 Å². The Hall–Kier alpha value is -3.44. The molecule has 1 heterocycles. The van der Waals surface area contributed by atoms with Gasteiger partial charge < -0.3 is 9.30 Å². The third kappa shape index (κ3) is 3.91. The van der Waals surface area contributed by atoms with Crippen LogP contribution in [0, 0.1) is 6.92 Å². The van der Waals surface area contributed by atoms with Gasteiger partial charge in [0.05, 0.1) is 15.8 Å². The minimum absolute atomic E-state index is 0.335. The molecule has 4 nitrogen and oxygen atoms in total. The van der Waals surface area contributed by atoms with E-state index in [-0.39, 0.29) is 5.91 Å². The Morgan fingerprint density at radius 1 is 1.07 bits per heavy atom. The highest BCUT2D eigenvalue weighted by molar-refractivity contribution is 7.16. The van der Waals surface area contributed by atoms with Crippen molar-refractivity contribution in [2.24, 2.45) is 4.99 Å². The number of hydrogen-bond donors (Lipinski definition) is 0. The van der Waals surface area contributed by atoms with E-state index in [0.717, 1.165) is 15.8 Å². The van der Waals surface area contributed by atoms with Crippen molar-refractivity contribution in [1.82, 2.24) is 4.57 Å². The predicted octanol–water partition coefficient (Wildman–Crippen LogP) is 5.73. The highest BCUT2D eigenvalue weighted by Gasteiger charge is 2.14. The first kappa shape index (κ1) is 18.9. The van der Waals surface area contributed by atoms with Gasteiger partial charge >= 0.3 is 0 Å². The van der Waals surface area contributed by atoms with Crippen LogP contribution in [0.15, 0.2) is 90.4 Å². The van der Waals surface area contributed by atoms with Crippen LogP contribution in [0.3, 0.4) is 0 Å². The maximum absolute atomic E-state index is 13.1. The molecule has 0 atom stereocenters. The molecule has 0 spiro atoms. The fourth-order valence-corrected chi connectivity index (χ4v) is 4.30. The van der Waals surface area contributed by atoms with Crippen LogP contribution in [0.2, 0.25) is 0 Å². The Kier molecular flexibility index (Phi) is 5.40. The number of aryl methyl sites for hydroxylation is 1. The Balaban J connectivity index is 1.79. The Morgan fingerprint density at radius 2 is 1.83 bits per heavy atom. The second-order valence-corrected chi connectivity index (χ2v) is 7.54. The van der Waals surface area contributed by atoms with E-state index in [1.165, 1.54) is 11.3 Å². The summed E-state index contributed by atoms with van der Waals surface area (Å²) in [5.74, 6) is 0.825. The van der Waals surface area contributed by atoms with Crippen molar-refractivity contribution in [2.45, 2.75) is 13.5 Å². The zero-order valence-corrected chi connectivity index (χ0v) is 16.9. The summed E-state index contributed by atoms with van der Waals surface area (Å²) in [5.41, 5.74) is 2.65. The molecular formula is C24H20N2O2S. The van der Waals surface area contributed by atoms with Gasteiger partial charge in [0.15, 0.2) is 4.80 Å². The van der Waals surface area contributed by atoms with E-state index in [4.69, 9.17) is 4.74 Å². The minimum Gasteiger partial charge on any atom is -0.457 e. The summed E-state index contributed by atoms with van der Waals surface area (Å²) in [7, 11) is 0. The van der Waals surface area contributed by atoms with E-state index in [2.05, 4.69) is 24.6 Å². The Labute approximate surface area is 173 Å². The molecule has 1 aromatic heterocycles. The topological polar surface area (TPSA) is 43.6 Å². The molecule has 4 aromatic rings. The van der Waals surface area contributed by atoms with E-state index in [1.54, 1.807) is 12.1 Å². The lowest BCUT2D eigenvalue weighted by atomic mass is 10.2. The second-order valence-electron chi connectivity index (χ2n) is 6.53. The van der Waals surface area contributed by atoms with Gasteiger partial charge in [-0.15, -0.1) is 6.58 Å². The number of fused-ring (bicyclic) bond motifs is 1. The summed E-state index contributed by atoms with van der Waals surface area (Å²) in [6.07, 6.45) is 1.81. The number of nitrogens with zero attached hydrogens (tertiary/aromatic N) is 2. The second kappa shape index (κ2) is 8.29. The number of carbonyl (C=O) groups is 1. The number of aromatic nitrogens is 1. The van der Waals surface area contributed by atoms with Gasteiger partial charge in [-0.2, -0.15) is 4.99 Å². The molecule has 4 rings (SSSR count). The fourth-order valence-electron chi connectivity index (χ4n) is 3.19. The molecule has 144 valence electrons. The monoisotopic (exact) mass is 400 g/mol. The lowest BCUT2D eigenvalue weighted by Gasteiger charge is -2.08. The van der Waals surface area contributed by atoms with Crippen LogP contribution < -0.4 is 9.54 Å². The van der Waals surface area contributed by atoms with E-state index >= 15 is 0 Å². The first-order chi connectivity index (χ1) is 14.2. The van der Waals surface area contributed by atoms with Gasteiger partial charge in [-0.05, 0) is 42.8 Å². The molecule has 0 aliphatic rings. The maximum atomic E-state index is 13.1. The summed E-state index contributed by atoms with van der Waals surface area (Å²) >= 11 is 1.50. The molecule has 0 saturated heterocycles. The smallest absolute Gasteiger partial charge is 0.283 e. The molecular weight excluding hydrogens is 380 g/mol. The molecule has 0 radical (unpaired) electrons. The number of allylic oxidation sites excluding steroid dienone is 1. The van der Waals surface area contributed by atoms with Gasteiger partial charge in [0, 0.05) is 6.54 Å². The highest BCUT2D eigenvalue weighted by atomic mass is 32.1. The summed E-state index contributed by atoms with van der Waals surface area (Å²) in [5, 5.41) is 0. The zero-order valence-electron chi connectivity index (χ0n) is 16.0. The lowest BCUT2D eigenvalue weighted by molar-refractivity contribution is 0.0995. The number of carbonyl (C=O) groups excluding carboxylic acids is 1. The van der Waals surface area contributed by atoms with Crippen LogP contribution in [0.4, 0.5) is 0 Å². The number of benzene rings is 3. The lowest BCUT2D eigenvalue weighted by Crippen LogP contribution is -2.16. The van der Waals surface area contributed by atoms with Crippen molar-refractivity contribution in [3.63, 3.8) is 0 Å². The quantitative estimate of drug-likeness (QED) is 0.402. The molecule has 1 amide bonds. The van der Waals surface area contributed by atoms with Crippen molar-refractivity contribution in [2.75, 3.05) is 0 Å². The Bertz CT molecular complexity index is 1250. The summed E-state index contributed by atoms with van der Waals surface area (Å²) in [6.45, 7) is 6.49. The largest absolute Gasteiger partial charge is 0.457 e. The van der Waals surface area contributed by atoms with Crippen LogP contribution in [0.25, 0.3) is 10.2 Å². The summed E-state index contributed by atoms with van der Waals surface area (Å²) in [6, 6.07) is 22.7. The number of hydrogen-bond acceptors (Lipinski definition) is 3. The summed E-state index contributed by atoms with van der Waals surface area (Å²) < 4.78 is 9.04. The molecule has 0 saturated carbocycles. The number of thiazole rings is 1. The average molecular weight is 401 g/mol. The number of amides is 1. The first-order valence-electron chi connectivity index (χ1n) is 9.28. The number of para-hydroxylation sites is 3. The van der Waals surface area contributed by atoms with Gasteiger partial charge in [-0.25, -0.2) is 0 Å². The number of ether oxygens (including phenoxy) is 1. The Morgan fingerprint density at radius 3 is 2.62 bits per heavy atom. The molecule has 0 aliphatic heterocycles. The maximum Gasteiger partial charge on any atom is 0.283 e. The third-order valence-electron chi connectivity index (χ3n) is 4.50. The van der Waals surface area contributed by atoms with Crippen molar-refractivity contribution < 1.29 is 9.53 Å². The van der Waals surface area contributed by atoms with Crippen LogP contribution in [-0.4, -0.2) is 10.5 Å². The fraction of sp³-hybridized carbons (Fsp3) is 0.0833. The van der Waals surface area contributed by atoms with Gasteiger partial charge in [0.2, 0.25) is 0 Å². The zero-order chi connectivity index (χ0) is 20.2. The van der Waals surface area contributed by atoms with Crippen LogP contribution >= 0.6 is 11.3 Å². The van der Waals surface area contributed by atoms with Gasteiger partial charge in [0.25, 0.3) is 5.91 Å². The molecule has 29 heavy (non-hydrogen) atoms. The van der Waals surface area contributed by atoms with E-state index in [9.17, 15) is 4.79 Å². The van der Waals surface area contributed by atoms with Crippen molar-refractivity contribution >= 4 is 27.5 Å². The molecule has 0 unspecified atom stereocenters. The van der Waals surface area contributed by atoms with Crippen LogP contribution in [-0.2, 0) is 6.54 Å². The van der Waals surface area contributed by atoms with E-state index < -0.39 is 0 Å². The van der Waals surface area contributed by atoms with Crippen molar-refractivity contribution in [3.8, 4) is 11.5 Å². The van der Waals surface area contributed by atoms with E-state index in [1.807, 2.05) is 65.2 Å². The standard InChI is InChI=1S/C24H20N2O2S/c1-3-16-26-22-17(2)10-9-15-21(22)29-24(26)25-23(27)19-13-7-8-14-20(19)28-18-11-5-4-6-12-18/h3-15H,1,16H2,2H3. The molecule has 0 fully saturated rings. The SMILES string of the molecule is C=CCn1c(=NC(=O)c2ccccc2Oc2ccccc2)sc2cccc(C)c21. The van der Waals surface area contributed by atoms with Crippen LogP contribution in [0.5, 0.6) is 11.5 Å².